The minimum atomic E-state index is 0.337. The lowest BCUT2D eigenvalue weighted by molar-refractivity contribution is 0.0559. The number of aliphatic hydroxyl groups is 1. The van der Waals surface area contributed by atoms with Crippen molar-refractivity contribution in [2.24, 2.45) is 17.3 Å². The SMILES string of the molecule is CC1CCC(CNC2CC2)(CN2CCC(C)C2CO)CC1. The zero-order valence-electron chi connectivity index (χ0n) is 14.0. The van der Waals surface area contributed by atoms with Crippen molar-refractivity contribution in [3.05, 3.63) is 0 Å². The lowest BCUT2D eigenvalue weighted by Gasteiger charge is -2.43. The van der Waals surface area contributed by atoms with Crippen LogP contribution in [0.4, 0.5) is 0 Å². The molecule has 3 nitrogen and oxygen atoms in total. The first-order chi connectivity index (χ1) is 10.1. The molecule has 3 heteroatoms. The molecule has 3 rings (SSSR count). The molecule has 2 saturated carbocycles. The third kappa shape index (κ3) is 3.80. The Morgan fingerprint density at radius 1 is 1.10 bits per heavy atom. The van der Waals surface area contributed by atoms with Crippen LogP contribution in [0.15, 0.2) is 0 Å². The summed E-state index contributed by atoms with van der Waals surface area (Å²) in [5, 5.41) is 13.5. The van der Waals surface area contributed by atoms with Crippen molar-refractivity contribution >= 4 is 0 Å². The van der Waals surface area contributed by atoms with Crippen LogP contribution in [0.1, 0.15) is 58.8 Å². The zero-order valence-corrected chi connectivity index (χ0v) is 14.0. The molecule has 0 spiro atoms. The van der Waals surface area contributed by atoms with Gasteiger partial charge < -0.3 is 10.4 Å². The number of hydrogen-bond donors (Lipinski definition) is 2. The van der Waals surface area contributed by atoms with Crippen LogP contribution in [0.25, 0.3) is 0 Å². The number of aliphatic hydroxyl groups excluding tert-OH is 1. The van der Waals surface area contributed by atoms with Gasteiger partial charge >= 0.3 is 0 Å². The largest absolute Gasteiger partial charge is 0.395 e. The van der Waals surface area contributed by atoms with E-state index in [4.69, 9.17) is 0 Å². The standard InChI is InChI=1S/C18H34N2O/c1-14-5-8-18(9-6-14,12-19-16-3-4-16)13-20-10-7-15(2)17(20)11-21/h14-17,19,21H,3-13H2,1-2H3. The third-order valence-electron chi connectivity index (χ3n) is 6.40. The van der Waals surface area contributed by atoms with Crippen molar-refractivity contribution < 1.29 is 5.11 Å². The summed E-state index contributed by atoms with van der Waals surface area (Å²) in [4.78, 5) is 2.61. The monoisotopic (exact) mass is 294 g/mol. The second-order valence-electron chi connectivity index (χ2n) is 8.32. The second-order valence-corrected chi connectivity index (χ2v) is 8.32. The van der Waals surface area contributed by atoms with Gasteiger partial charge in [0.2, 0.25) is 0 Å². The Bertz CT molecular complexity index is 334. The van der Waals surface area contributed by atoms with E-state index in [-0.39, 0.29) is 0 Å². The molecule has 2 unspecified atom stereocenters. The van der Waals surface area contributed by atoms with Crippen LogP contribution >= 0.6 is 0 Å². The lowest BCUT2D eigenvalue weighted by atomic mass is 9.70. The van der Waals surface area contributed by atoms with E-state index in [0.717, 1.165) is 12.0 Å². The Labute approximate surface area is 130 Å². The highest BCUT2D eigenvalue weighted by molar-refractivity contribution is 4.95. The molecule has 2 N–H and O–H groups in total. The van der Waals surface area contributed by atoms with E-state index in [9.17, 15) is 5.11 Å². The van der Waals surface area contributed by atoms with Gasteiger partial charge in [-0.25, -0.2) is 0 Å². The molecule has 1 heterocycles. The quantitative estimate of drug-likeness (QED) is 0.790. The summed E-state index contributed by atoms with van der Waals surface area (Å²) in [6.45, 7) is 8.64. The van der Waals surface area contributed by atoms with Gasteiger partial charge in [-0.15, -0.1) is 0 Å². The second kappa shape index (κ2) is 6.55. The molecule has 0 aromatic rings. The summed E-state index contributed by atoms with van der Waals surface area (Å²) in [6, 6.07) is 1.22. The van der Waals surface area contributed by atoms with E-state index in [0.29, 0.717) is 24.0 Å². The fraction of sp³-hybridized carbons (Fsp3) is 1.00. The molecule has 0 radical (unpaired) electrons. The van der Waals surface area contributed by atoms with Crippen molar-refractivity contribution in [1.29, 1.82) is 0 Å². The number of nitrogens with one attached hydrogen (secondary N) is 1. The maximum absolute atomic E-state index is 9.73. The molecule has 0 aromatic heterocycles. The average molecular weight is 294 g/mol. The summed E-state index contributed by atoms with van der Waals surface area (Å²) in [5.41, 5.74) is 0.465. The molecule has 1 saturated heterocycles. The van der Waals surface area contributed by atoms with Crippen molar-refractivity contribution in [1.82, 2.24) is 10.2 Å². The molecule has 2 atom stereocenters. The molecular formula is C18H34N2O. The summed E-state index contributed by atoms with van der Waals surface area (Å²) in [5.74, 6) is 1.57. The van der Waals surface area contributed by atoms with Crippen molar-refractivity contribution in [2.75, 3.05) is 26.2 Å². The summed E-state index contributed by atoms with van der Waals surface area (Å²) < 4.78 is 0. The van der Waals surface area contributed by atoms with Crippen LogP contribution in [0.3, 0.4) is 0 Å². The Morgan fingerprint density at radius 3 is 2.43 bits per heavy atom. The first kappa shape index (κ1) is 15.8. The third-order valence-corrected chi connectivity index (χ3v) is 6.40. The van der Waals surface area contributed by atoms with Crippen LogP contribution < -0.4 is 5.32 Å². The first-order valence-corrected chi connectivity index (χ1v) is 9.20. The molecule has 0 aromatic carbocycles. The molecule has 122 valence electrons. The topological polar surface area (TPSA) is 35.5 Å². The van der Waals surface area contributed by atoms with E-state index in [1.165, 1.54) is 64.6 Å². The smallest absolute Gasteiger partial charge is 0.0589 e. The minimum Gasteiger partial charge on any atom is -0.395 e. The van der Waals surface area contributed by atoms with E-state index in [2.05, 4.69) is 24.1 Å². The van der Waals surface area contributed by atoms with Crippen molar-refractivity contribution in [3.8, 4) is 0 Å². The van der Waals surface area contributed by atoms with Crippen LogP contribution in [0, 0.1) is 17.3 Å². The van der Waals surface area contributed by atoms with E-state index in [1.54, 1.807) is 0 Å². The Kier molecular flexibility index (Phi) is 4.92. The number of nitrogens with zero attached hydrogens (tertiary/aromatic N) is 1. The fourth-order valence-electron chi connectivity index (χ4n) is 4.42. The van der Waals surface area contributed by atoms with Crippen LogP contribution in [0.5, 0.6) is 0 Å². The Hall–Kier alpha value is -0.120. The van der Waals surface area contributed by atoms with Gasteiger partial charge in [-0.3, -0.25) is 4.90 Å². The minimum absolute atomic E-state index is 0.337. The Morgan fingerprint density at radius 2 is 1.81 bits per heavy atom. The number of likely N-dealkylation sites (tertiary alicyclic amines) is 1. The van der Waals surface area contributed by atoms with Gasteiger partial charge in [0.1, 0.15) is 0 Å². The van der Waals surface area contributed by atoms with Gasteiger partial charge in [0.05, 0.1) is 6.61 Å². The van der Waals surface area contributed by atoms with Gasteiger partial charge in [-0.2, -0.15) is 0 Å². The van der Waals surface area contributed by atoms with Gasteiger partial charge in [0.25, 0.3) is 0 Å². The van der Waals surface area contributed by atoms with Crippen LogP contribution in [0.2, 0.25) is 0 Å². The predicted molar refractivity (Wildman–Crippen MR) is 87.3 cm³/mol. The van der Waals surface area contributed by atoms with Crippen LogP contribution in [-0.2, 0) is 0 Å². The summed E-state index contributed by atoms with van der Waals surface area (Å²) in [7, 11) is 0. The lowest BCUT2D eigenvalue weighted by Crippen LogP contribution is -2.49. The first-order valence-electron chi connectivity index (χ1n) is 9.20. The molecule has 1 aliphatic heterocycles. The summed E-state index contributed by atoms with van der Waals surface area (Å²) >= 11 is 0. The number of rotatable bonds is 6. The maximum Gasteiger partial charge on any atom is 0.0589 e. The molecule has 21 heavy (non-hydrogen) atoms. The molecule has 0 amide bonds. The highest BCUT2D eigenvalue weighted by atomic mass is 16.3. The van der Waals surface area contributed by atoms with E-state index in [1.807, 2.05) is 0 Å². The van der Waals surface area contributed by atoms with Gasteiger partial charge in [-0.1, -0.05) is 26.7 Å². The van der Waals surface area contributed by atoms with Crippen molar-refractivity contribution in [3.63, 3.8) is 0 Å². The van der Waals surface area contributed by atoms with Gasteiger partial charge in [0, 0.05) is 25.2 Å². The highest BCUT2D eigenvalue weighted by Crippen LogP contribution is 2.41. The summed E-state index contributed by atoms with van der Waals surface area (Å²) in [6.07, 6.45) is 9.54. The van der Waals surface area contributed by atoms with Gasteiger partial charge in [0.15, 0.2) is 0 Å². The highest BCUT2D eigenvalue weighted by Gasteiger charge is 2.40. The van der Waals surface area contributed by atoms with Gasteiger partial charge in [-0.05, 0) is 55.9 Å². The normalized spacial score (nSPS) is 41.6. The molecular weight excluding hydrogens is 260 g/mol. The predicted octanol–water partition coefficient (Wildman–Crippen LogP) is 2.64. The molecule has 3 fully saturated rings. The molecule has 2 aliphatic carbocycles. The molecule has 0 bridgehead atoms. The van der Waals surface area contributed by atoms with Crippen LogP contribution in [-0.4, -0.2) is 48.3 Å². The van der Waals surface area contributed by atoms with E-state index < -0.39 is 0 Å². The maximum atomic E-state index is 9.73. The fourth-order valence-corrected chi connectivity index (χ4v) is 4.42. The number of hydrogen-bond acceptors (Lipinski definition) is 3. The average Bonchev–Trinajstić information content (AvgIpc) is 3.25. The zero-order chi connectivity index (χ0) is 14.9. The Balaban J connectivity index is 1.63. The van der Waals surface area contributed by atoms with Crippen molar-refractivity contribution in [2.45, 2.75) is 70.9 Å². The molecule has 3 aliphatic rings. The van der Waals surface area contributed by atoms with E-state index >= 15 is 0 Å².